The van der Waals surface area contributed by atoms with Gasteiger partial charge in [0.1, 0.15) is 0 Å². The summed E-state index contributed by atoms with van der Waals surface area (Å²) >= 11 is 3.53. The van der Waals surface area contributed by atoms with Crippen molar-refractivity contribution < 1.29 is 5.11 Å². The molecule has 0 fully saturated rings. The van der Waals surface area contributed by atoms with Gasteiger partial charge in [0, 0.05) is 11.1 Å². The molecule has 0 heterocycles. The van der Waals surface area contributed by atoms with Crippen LogP contribution in [0.3, 0.4) is 0 Å². The van der Waals surface area contributed by atoms with Gasteiger partial charge in [-0.15, -0.1) is 0 Å². The van der Waals surface area contributed by atoms with E-state index < -0.39 is 0 Å². The fourth-order valence-corrected chi connectivity index (χ4v) is 2.29. The number of halogens is 1. The van der Waals surface area contributed by atoms with Crippen molar-refractivity contribution in [2.45, 2.75) is 12.8 Å². The van der Waals surface area contributed by atoms with Crippen molar-refractivity contribution in [1.82, 2.24) is 0 Å². The van der Waals surface area contributed by atoms with E-state index in [9.17, 15) is 0 Å². The maximum atomic E-state index is 8.87. The van der Waals surface area contributed by atoms with Crippen molar-refractivity contribution in [1.29, 1.82) is 0 Å². The number of hydrogen-bond donors (Lipinski definition) is 1. The minimum absolute atomic E-state index is 0.234. The molecule has 0 unspecified atom stereocenters. The van der Waals surface area contributed by atoms with Crippen molar-refractivity contribution in [3.8, 4) is 0 Å². The second-order valence-corrected chi connectivity index (χ2v) is 4.03. The van der Waals surface area contributed by atoms with Gasteiger partial charge in [-0.1, -0.05) is 34.1 Å². The fraction of sp³-hybridized carbons (Fsp3) is 0.273. The summed E-state index contributed by atoms with van der Waals surface area (Å²) in [4.78, 5) is 0. The van der Waals surface area contributed by atoms with Crippen LogP contribution in [0.25, 0.3) is 5.57 Å². The molecule has 68 valence electrons. The van der Waals surface area contributed by atoms with E-state index >= 15 is 0 Å². The van der Waals surface area contributed by atoms with Gasteiger partial charge in [0.2, 0.25) is 0 Å². The molecular weight excluding hydrogens is 228 g/mol. The molecule has 0 saturated heterocycles. The molecule has 2 rings (SSSR count). The molecule has 1 nitrogen and oxygen atoms in total. The highest BCUT2D eigenvalue weighted by atomic mass is 79.9. The molecule has 0 radical (unpaired) electrons. The summed E-state index contributed by atoms with van der Waals surface area (Å²) in [6.45, 7) is 0.234. The van der Waals surface area contributed by atoms with Crippen LogP contribution < -0.4 is 0 Å². The summed E-state index contributed by atoms with van der Waals surface area (Å²) in [6, 6.07) is 6.22. The molecule has 1 N–H and O–H groups in total. The SMILES string of the molecule is OCCC1=CCc2c(Br)cccc21. The van der Waals surface area contributed by atoms with Gasteiger partial charge in [-0.3, -0.25) is 0 Å². The highest BCUT2D eigenvalue weighted by Gasteiger charge is 2.14. The highest BCUT2D eigenvalue weighted by Crippen LogP contribution is 2.33. The average molecular weight is 239 g/mol. The quantitative estimate of drug-likeness (QED) is 0.841. The van der Waals surface area contributed by atoms with Crippen LogP contribution >= 0.6 is 15.9 Å². The Kier molecular flexibility index (Phi) is 2.51. The van der Waals surface area contributed by atoms with Gasteiger partial charge in [0.15, 0.2) is 0 Å². The summed E-state index contributed by atoms with van der Waals surface area (Å²) in [7, 11) is 0. The van der Waals surface area contributed by atoms with E-state index in [4.69, 9.17) is 5.11 Å². The van der Waals surface area contributed by atoms with Crippen LogP contribution in [-0.4, -0.2) is 11.7 Å². The van der Waals surface area contributed by atoms with Crippen molar-refractivity contribution >= 4 is 21.5 Å². The lowest BCUT2D eigenvalue weighted by Crippen LogP contribution is -1.88. The van der Waals surface area contributed by atoms with Gasteiger partial charge < -0.3 is 5.11 Å². The van der Waals surface area contributed by atoms with Crippen LogP contribution in [0, 0.1) is 0 Å². The van der Waals surface area contributed by atoms with E-state index in [2.05, 4.69) is 34.1 Å². The largest absolute Gasteiger partial charge is 0.396 e. The first-order chi connectivity index (χ1) is 6.33. The Hall–Kier alpha value is -0.600. The Bertz CT molecular complexity index is 355. The molecule has 0 atom stereocenters. The minimum Gasteiger partial charge on any atom is -0.396 e. The van der Waals surface area contributed by atoms with E-state index in [-0.39, 0.29) is 6.61 Å². The average Bonchev–Trinajstić information content (AvgIpc) is 2.51. The molecule has 2 heteroatoms. The fourth-order valence-electron chi connectivity index (χ4n) is 1.76. The first-order valence-electron chi connectivity index (χ1n) is 4.40. The molecule has 0 bridgehead atoms. The molecule has 0 amide bonds. The normalized spacial score (nSPS) is 14.2. The molecular formula is C11H11BrO. The number of benzene rings is 1. The van der Waals surface area contributed by atoms with Crippen LogP contribution in [0.2, 0.25) is 0 Å². The predicted octanol–water partition coefficient (Wildman–Crippen LogP) is 2.77. The van der Waals surface area contributed by atoms with Gasteiger partial charge in [-0.25, -0.2) is 0 Å². The summed E-state index contributed by atoms with van der Waals surface area (Å²) in [5.74, 6) is 0. The lowest BCUT2D eigenvalue weighted by molar-refractivity contribution is 0.305. The Balaban J connectivity index is 2.39. The van der Waals surface area contributed by atoms with Crippen molar-refractivity contribution in [2.75, 3.05) is 6.61 Å². The predicted molar refractivity (Wildman–Crippen MR) is 57.5 cm³/mol. The van der Waals surface area contributed by atoms with Gasteiger partial charge in [-0.05, 0) is 35.6 Å². The maximum absolute atomic E-state index is 8.87. The second-order valence-electron chi connectivity index (χ2n) is 3.17. The lowest BCUT2D eigenvalue weighted by Gasteiger charge is -2.05. The van der Waals surface area contributed by atoms with Crippen LogP contribution in [0.1, 0.15) is 17.5 Å². The Morgan fingerprint density at radius 3 is 3.00 bits per heavy atom. The van der Waals surface area contributed by atoms with E-state index in [1.807, 2.05) is 6.07 Å². The lowest BCUT2D eigenvalue weighted by atomic mass is 10.0. The topological polar surface area (TPSA) is 20.2 Å². The maximum Gasteiger partial charge on any atom is 0.0471 e. The van der Waals surface area contributed by atoms with Crippen LogP contribution in [0.15, 0.2) is 28.7 Å². The number of fused-ring (bicyclic) bond motifs is 1. The third kappa shape index (κ3) is 1.56. The van der Waals surface area contributed by atoms with E-state index in [0.29, 0.717) is 0 Å². The first-order valence-corrected chi connectivity index (χ1v) is 5.20. The van der Waals surface area contributed by atoms with Gasteiger partial charge in [0.25, 0.3) is 0 Å². The van der Waals surface area contributed by atoms with E-state index in [1.54, 1.807) is 0 Å². The molecule has 13 heavy (non-hydrogen) atoms. The zero-order chi connectivity index (χ0) is 9.26. The monoisotopic (exact) mass is 238 g/mol. The summed E-state index contributed by atoms with van der Waals surface area (Å²) in [5.41, 5.74) is 3.92. The minimum atomic E-state index is 0.234. The number of aliphatic hydroxyl groups is 1. The number of hydrogen-bond acceptors (Lipinski definition) is 1. The Labute approximate surface area is 86.2 Å². The summed E-state index contributed by atoms with van der Waals surface area (Å²) in [6.07, 6.45) is 3.96. The third-order valence-corrected chi connectivity index (χ3v) is 3.14. The zero-order valence-corrected chi connectivity index (χ0v) is 8.84. The zero-order valence-electron chi connectivity index (χ0n) is 7.26. The Morgan fingerprint density at radius 2 is 2.23 bits per heavy atom. The molecule has 0 spiro atoms. The van der Waals surface area contributed by atoms with Crippen molar-refractivity contribution in [2.24, 2.45) is 0 Å². The third-order valence-electron chi connectivity index (χ3n) is 2.40. The van der Waals surface area contributed by atoms with Crippen LogP contribution in [0.5, 0.6) is 0 Å². The van der Waals surface area contributed by atoms with E-state index in [1.165, 1.54) is 21.2 Å². The van der Waals surface area contributed by atoms with Gasteiger partial charge in [-0.2, -0.15) is 0 Å². The van der Waals surface area contributed by atoms with Crippen molar-refractivity contribution in [3.63, 3.8) is 0 Å². The molecule has 1 aliphatic rings. The second kappa shape index (κ2) is 3.64. The van der Waals surface area contributed by atoms with Crippen LogP contribution in [-0.2, 0) is 6.42 Å². The molecule has 1 aliphatic carbocycles. The Morgan fingerprint density at radius 1 is 1.38 bits per heavy atom. The van der Waals surface area contributed by atoms with Gasteiger partial charge in [0.05, 0.1) is 0 Å². The molecule has 0 aromatic heterocycles. The van der Waals surface area contributed by atoms with Gasteiger partial charge >= 0.3 is 0 Å². The summed E-state index contributed by atoms with van der Waals surface area (Å²) in [5, 5.41) is 8.87. The highest BCUT2D eigenvalue weighted by molar-refractivity contribution is 9.10. The number of rotatable bonds is 2. The molecule has 0 aliphatic heterocycles. The first kappa shape index (κ1) is 8.97. The molecule has 1 aromatic carbocycles. The molecule has 1 aromatic rings. The standard InChI is InChI=1S/C11H11BrO/c12-11-3-1-2-9-8(6-7-13)4-5-10(9)11/h1-4,13H,5-7H2. The smallest absolute Gasteiger partial charge is 0.0471 e. The number of allylic oxidation sites excluding steroid dienone is 1. The van der Waals surface area contributed by atoms with Crippen molar-refractivity contribution in [3.05, 3.63) is 39.9 Å². The van der Waals surface area contributed by atoms with Crippen LogP contribution in [0.4, 0.5) is 0 Å². The molecule has 0 saturated carbocycles. The summed E-state index contributed by atoms with van der Waals surface area (Å²) < 4.78 is 1.18. The number of aliphatic hydroxyl groups excluding tert-OH is 1. The van der Waals surface area contributed by atoms with E-state index in [0.717, 1.165) is 12.8 Å².